The third kappa shape index (κ3) is 12.5. The van der Waals surface area contributed by atoms with Crippen molar-refractivity contribution in [3.63, 3.8) is 0 Å². The van der Waals surface area contributed by atoms with Gasteiger partial charge in [0.2, 0.25) is 0 Å². The first-order chi connectivity index (χ1) is 21.4. The molecule has 0 aromatic heterocycles. The third-order valence-electron chi connectivity index (χ3n) is 7.48. The highest BCUT2D eigenvalue weighted by Gasteiger charge is 2.24. The highest BCUT2D eigenvalue weighted by Crippen LogP contribution is 2.30. The lowest BCUT2D eigenvalue weighted by Crippen LogP contribution is -2.38. The Hall–Kier alpha value is -3.36. The monoisotopic (exact) mass is 620 g/mol. The van der Waals surface area contributed by atoms with E-state index in [0.717, 1.165) is 78.7 Å². The second-order valence-electron chi connectivity index (χ2n) is 13.8. The lowest BCUT2D eigenvalue weighted by molar-refractivity contribution is 0.0230. The first-order valence-corrected chi connectivity index (χ1v) is 16.6. The zero-order valence-corrected chi connectivity index (χ0v) is 28.5. The number of carbonyl (C=O) groups excluding carboxylic acids is 2. The van der Waals surface area contributed by atoms with Crippen LogP contribution in [-0.2, 0) is 16.0 Å². The van der Waals surface area contributed by atoms with E-state index in [-0.39, 0.29) is 12.2 Å². The van der Waals surface area contributed by atoms with Gasteiger partial charge in [0.25, 0.3) is 0 Å². The van der Waals surface area contributed by atoms with Crippen molar-refractivity contribution in [1.29, 1.82) is 0 Å². The molecule has 0 aliphatic heterocycles. The van der Waals surface area contributed by atoms with E-state index in [1.807, 2.05) is 75.6 Å². The molecule has 3 rings (SSSR count). The summed E-state index contributed by atoms with van der Waals surface area (Å²) in [5, 5.41) is 8.00. The fourth-order valence-electron chi connectivity index (χ4n) is 5.34. The molecule has 248 valence electrons. The van der Waals surface area contributed by atoms with E-state index in [1.54, 1.807) is 0 Å². The largest absolute Gasteiger partial charge is 0.444 e. The van der Waals surface area contributed by atoms with Gasteiger partial charge in [0, 0.05) is 19.6 Å². The molecule has 8 heteroatoms. The lowest BCUT2D eigenvalue weighted by atomic mass is 9.96. The molecule has 45 heavy (non-hydrogen) atoms. The van der Waals surface area contributed by atoms with Crippen molar-refractivity contribution < 1.29 is 19.1 Å². The summed E-state index contributed by atoms with van der Waals surface area (Å²) in [5.41, 5.74) is 5.56. The average molecular weight is 621 g/mol. The Kier molecular flexibility index (Phi) is 13.9. The summed E-state index contributed by atoms with van der Waals surface area (Å²) in [6.07, 6.45) is 4.77. The van der Waals surface area contributed by atoms with Crippen LogP contribution in [0.3, 0.4) is 0 Å². The summed E-state index contributed by atoms with van der Waals surface area (Å²) in [4.78, 5) is 30.1. The maximum Gasteiger partial charge on any atom is 0.410 e. The number of unbranched alkanes of at least 4 members (excludes halogenated alkanes) is 3. The molecular weight excluding hydrogens is 564 g/mol. The summed E-state index contributed by atoms with van der Waals surface area (Å²) in [6.45, 7) is 16.2. The van der Waals surface area contributed by atoms with Crippen LogP contribution in [0.1, 0.15) is 85.6 Å². The second-order valence-corrected chi connectivity index (χ2v) is 13.8. The van der Waals surface area contributed by atoms with Crippen LogP contribution in [0.25, 0.3) is 21.5 Å². The number of amides is 2. The van der Waals surface area contributed by atoms with Crippen molar-refractivity contribution in [3.05, 3.63) is 60.2 Å². The molecule has 0 unspecified atom stereocenters. The molecule has 0 heterocycles. The molecule has 0 spiro atoms. The topological polar surface area (TPSA) is 97.1 Å². The minimum atomic E-state index is -0.593. The Morgan fingerprint density at radius 1 is 0.667 bits per heavy atom. The summed E-state index contributed by atoms with van der Waals surface area (Å²) in [5.74, 6) is 0. The average Bonchev–Trinajstić information content (AvgIpc) is 2.96. The van der Waals surface area contributed by atoms with Gasteiger partial charge in [-0.05, 0) is 133 Å². The van der Waals surface area contributed by atoms with E-state index in [2.05, 4.69) is 35.6 Å². The van der Waals surface area contributed by atoms with Crippen molar-refractivity contribution in [1.82, 2.24) is 15.1 Å². The first-order valence-electron chi connectivity index (χ1n) is 16.6. The van der Waals surface area contributed by atoms with E-state index >= 15 is 0 Å². The number of benzene rings is 3. The number of nitrogens with one attached hydrogen (secondary N) is 1. The maximum absolute atomic E-state index is 13.5. The second kappa shape index (κ2) is 17.4. The van der Waals surface area contributed by atoms with Crippen LogP contribution in [0.2, 0.25) is 0 Å². The zero-order valence-electron chi connectivity index (χ0n) is 28.5. The van der Waals surface area contributed by atoms with Gasteiger partial charge in [-0.25, -0.2) is 9.59 Å². The Labute approximate surface area is 270 Å². The van der Waals surface area contributed by atoms with Crippen LogP contribution in [0.15, 0.2) is 54.6 Å². The van der Waals surface area contributed by atoms with Gasteiger partial charge in [-0.15, -0.1) is 0 Å². The Bertz CT molecular complexity index is 1310. The summed E-state index contributed by atoms with van der Waals surface area (Å²) >= 11 is 0. The van der Waals surface area contributed by atoms with Crippen LogP contribution in [0.4, 0.5) is 9.59 Å². The van der Waals surface area contributed by atoms with E-state index in [0.29, 0.717) is 32.7 Å². The van der Waals surface area contributed by atoms with E-state index in [4.69, 9.17) is 15.2 Å². The number of nitrogens with two attached hydrogens (primary N) is 1. The van der Waals surface area contributed by atoms with Gasteiger partial charge >= 0.3 is 12.2 Å². The van der Waals surface area contributed by atoms with Crippen molar-refractivity contribution in [3.8, 4) is 0 Å². The van der Waals surface area contributed by atoms with E-state index < -0.39 is 11.2 Å². The number of hydrogen-bond acceptors (Lipinski definition) is 6. The highest BCUT2D eigenvalue weighted by molar-refractivity contribution is 6.02. The molecule has 0 aliphatic rings. The molecular formula is C37H56N4O4. The molecule has 0 bridgehead atoms. The minimum absolute atomic E-state index is 0.267. The Morgan fingerprint density at radius 2 is 1.13 bits per heavy atom. The quantitative estimate of drug-likeness (QED) is 0.125. The third-order valence-corrected chi connectivity index (χ3v) is 7.48. The number of hydrogen-bond donors (Lipinski definition) is 2. The molecule has 0 atom stereocenters. The summed E-state index contributed by atoms with van der Waals surface area (Å²) < 4.78 is 11.6. The van der Waals surface area contributed by atoms with Crippen LogP contribution < -0.4 is 11.1 Å². The van der Waals surface area contributed by atoms with Crippen molar-refractivity contribution in [2.24, 2.45) is 5.73 Å². The van der Waals surface area contributed by atoms with Gasteiger partial charge in [0.05, 0.1) is 6.54 Å². The standard InChI is InChI=1S/C37H56N4O4/c1-36(2,3)44-34(42)40(25-15-12-22-39-23-16-21-38)24-13-7-14-26-41(35(43)45-37(4,5)6)28-33-31-19-10-8-17-29(31)27-30-18-9-11-20-32(30)33/h8-11,17-20,27,39H,7,12-16,21-26,28,38H2,1-6H3. The van der Waals surface area contributed by atoms with Crippen LogP contribution in [0.5, 0.6) is 0 Å². The molecule has 3 aromatic carbocycles. The van der Waals surface area contributed by atoms with Gasteiger partial charge in [-0.3, -0.25) is 0 Å². The normalized spacial score (nSPS) is 12.0. The van der Waals surface area contributed by atoms with Crippen LogP contribution in [-0.4, -0.2) is 72.5 Å². The van der Waals surface area contributed by atoms with Crippen molar-refractivity contribution in [2.45, 2.75) is 97.8 Å². The lowest BCUT2D eigenvalue weighted by Gasteiger charge is -2.29. The predicted molar refractivity (Wildman–Crippen MR) is 186 cm³/mol. The van der Waals surface area contributed by atoms with E-state index in [9.17, 15) is 9.59 Å². The van der Waals surface area contributed by atoms with E-state index in [1.165, 1.54) is 0 Å². The van der Waals surface area contributed by atoms with Crippen LogP contribution >= 0.6 is 0 Å². The number of nitrogens with zero attached hydrogens (tertiary/aromatic N) is 2. The fourth-order valence-corrected chi connectivity index (χ4v) is 5.34. The van der Waals surface area contributed by atoms with Crippen molar-refractivity contribution in [2.75, 3.05) is 39.3 Å². The van der Waals surface area contributed by atoms with Gasteiger partial charge in [-0.2, -0.15) is 0 Å². The molecule has 0 radical (unpaired) electrons. The SMILES string of the molecule is CC(C)(C)OC(=O)N(CCCCCN(Cc1c2ccccc2cc2ccccc12)C(=O)OC(C)(C)C)CCCCNCCCN. The zero-order chi connectivity index (χ0) is 32.9. The number of ether oxygens (including phenoxy) is 2. The van der Waals surface area contributed by atoms with Gasteiger partial charge in [0.1, 0.15) is 11.2 Å². The maximum atomic E-state index is 13.5. The molecule has 3 aromatic rings. The van der Waals surface area contributed by atoms with Gasteiger partial charge in [-0.1, -0.05) is 48.5 Å². The first kappa shape index (κ1) is 36.1. The van der Waals surface area contributed by atoms with Gasteiger partial charge in [0.15, 0.2) is 0 Å². The molecule has 0 saturated heterocycles. The molecule has 0 aliphatic carbocycles. The number of rotatable bonds is 16. The molecule has 0 fully saturated rings. The molecule has 3 N–H and O–H groups in total. The molecule has 0 saturated carbocycles. The van der Waals surface area contributed by atoms with Crippen LogP contribution in [0, 0.1) is 0 Å². The predicted octanol–water partition coefficient (Wildman–Crippen LogP) is 7.86. The fraction of sp³-hybridized carbons (Fsp3) is 0.568. The van der Waals surface area contributed by atoms with Gasteiger partial charge < -0.3 is 30.3 Å². The summed E-state index contributed by atoms with van der Waals surface area (Å²) in [7, 11) is 0. The Morgan fingerprint density at radius 3 is 1.67 bits per heavy atom. The van der Waals surface area contributed by atoms with Crippen molar-refractivity contribution >= 4 is 33.7 Å². The Balaban J connectivity index is 1.66. The smallest absolute Gasteiger partial charge is 0.410 e. The summed E-state index contributed by atoms with van der Waals surface area (Å²) in [6, 6.07) is 18.9. The molecule has 2 amide bonds. The number of fused-ring (bicyclic) bond motifs is 2. The highest BCUT2D eigenvalue weighted by atomic mass is 16.6. The number of carbonyl (C=O) groups is 2. The molecule has 8 nitrogen and oxygen atoms in total. The minimum Gasteiger partial charge on any atom is -0.444 e.